The quantitative estimate of drug-likeness (QED) is 0.520. The molecule has 0 atom stereocenters. The van der Waals surface area contributed by atoms with E-state index in [9.17, 15) is 10.1 Å². The second-order valence-electron chi connectivity index (χ2n) is 2.28. The minimum Gasteiger partial charge on any atom is -0.373 e. The van der Waals surface area contributed by atoms with Crippen LogP contribution in [0.1, 0.15) is 13.8 Å². The van der Waals surface area contributed by atoms with Crippen LogP contribution >= 0.6 is 11.8 Å². The molecule has 1 N–H and O–H groups in total. The number of hydrogen-bond donors (Lipinski definition) is 1. The lowest BCUT2D eigenvalue weighted by Crippen LogP contribution is -2.20. The van der Waals surface area contributed by atoms with Crippen molar-refractivity contribution in [3.05, 3.63) is 21.3 Å². The molecule has 0 amide bonds. The van der Waals surface area contributed by atoms with Gasteiger partial charge in [-0.2, -0.15) is 0 Å². The van der Waals surface area contributed by atoms with Crippen molar-refractivity contribution in [3.63, 3.8) is 0 Å². The molecule has 0 unspecified atom stereocenters. The van der Waals surface area contributed by atoms with Crippen molar-refractivity contribution in [2.45, 2.75) is 19.9 Å². The predicted octanol–water partition coefficient (Wildman–Crippen LogP) is 1.42. The number of rotatable bonds is 4. The Labute approximate surface area is 70.2 Å². The molecule has 0 bridgehead atoms. The Kier molecular flexibility index (Phi) is 4.69. The summed E-state index contributed by atoms with van der Waals surface area (Å²) in [6.07, 6.45) is 2.77. The maximum Gasteiger partial charge on any atom is 0.263 e. The Morgan fingerprint density at radius 1 is 1.73 bits per heavy atom. The first-order valence-corrected chi connectivity index (χ1v) is 4.44. The molecular weight excluding hydrogens is 164 g/mol. The normalized spacial score (nSPS) is 11.8. The van der Waals surface area contributed by atoms with Crippen LogP contribution in [0.25, 0.3) is 0 Å². The smallest absolute Gasteiger partial charge is 0.263 e. The topological polar surface area (TPSA) is 55.2 Å². The monoisotopic (exact) mass is 176 g/mol. The van der Waals surface area contributed by atoms with Gasteiger partial charge in [0.25, 0.3) is 6.20 Å². The average Bonchev–Trinajstić information content (AvgIpc) is 1.84. The van der Waals surface area contributed by atoms with Gasteiger partial charge in [-0.1, -0.05) is 0 Å². The summed E-state index contributed by atoms with van der Waals surface area (Å²) in [5, 5.41) is 13.6. The van der Waals surface area contributed by atoms with Gasteiger partial charge in [-0.3, -0.25) is 10.1 Å². The van der Waals surface area contributed by atoms with Gasteiger partial charge in [0.05, 0.1) is 4.92 Å². The molecule has 0 aromatic heterocycles. The van der Waals surface area contributed by atoms with Crippen molar-refractivity contribution in [3.8, 4) is 0 Å². The molecule has 4 nitrogen and oxygen atoms in total. The van der Waals surface area contributed by atoms with E-state index >= 15 is 0 Å². The Morgan fingerprint density at radius 3 is 2.55 bits per heavy atom. The van der Waals surface area contributed by atoms with Gasteiger partial charge in [-0.25, -0.2) is 0 Å². The van der Waals surface area contributed by atoms with E-state index in [0.717, 1.165) is 6.20 Å². The predicted molar refractivity (Wildman–Crippen MR) is 46.9 cm³/mol. The Bertz CT molecular complexity index is 168. The lowest BCUT2D eigenvalue weighted by molar-refractivity contribution is -0.403. The zero-order valence-electron chi connectivity index (χ0n) is 6.83. The van der Waals surface area contributed by atoms with Crippen LogP contribution in [-0.2, 0) is 0 Å². The summed E-state index contributed by atoms with van der Waals surface area (Å²) < 4.78 is 0. The summed E-state index contributed by atoms with van der Waals surface area (Å²) in [7, 11) is 0. The van der Waals surface area contributed by atoms with E-state index in [1.165, 1.54) is 11.8 Å². The average molecular weight is 176 g/mol. The van der Waals surface area contributed by atoms with Gasteiger partial charge in [0.2, 0.25) is 0 Å². The van der Waals surface area contributed by atoms with Crippen molar-refractivity contribution >= 4 is 11.8 Å². The summed E-state index contributed by atoms with van der Waals surface area (Å²) >= 11 is 1.33. The molecule has 0 saturated heterocycles. The van der Waals surface area contributed by atoms with Crippen molar-refractivity contribution in [2.24, 2.45) is 0 Å². The van der Waals surface area contributed by atoms with E-state index in [1.54, 1.807) is 6.26 Å². The third kappa shape index (κ3) is 5.72. The first kappa shape index (κ1) is 10.3. The van der Waals surface area contributed by atoms with Crippen LogP contribution in [0.3, 0.4) is 0 Å². The molecule has 0 aliphatic heterocycles. The van der Waals surface area contributed by atoms with Crippen molar-refractivity contribution < 1.29 is 4.92 Å². The summed E-state index contributed by atoms with van der Waals surface area (Å²) in [4.78, 5) is 9.57. The largest absolute Gasteiger partial charge is 0.373 e. The Morgan fingerprint density at radius 2 is 2.27 bits per heavy atom. The molecule has 64 valence electrons. The second kappa shape index (κ2) is 5.01. The number of nitrogens with one attached hydrogen (secondary N) is 1. The molecule has 0 heterocycles. The fourth-order valence-corrected chi connectivity index (χ4v) is 1.07. The third-order valence-corrected chi connectivity index (χ3v) is 1.54. The van der Waals surface area contributed by atoms with E-state index < -0.39 is 4.92 Å². The van der Waals surface area contributed by atoms with Gasteiger partial charge in [-0.05, 0) is 20.1 Å². The van der Waals surface area contributed by atoms with Gasteiger partial charge < -0.3 is 5.32 Å². The van der Waals surface area contributed by atoms with Crippen LogP contribution in [0.4, 0.5) is 0 Å². The van der Waals surface area contributed by atoms with Crippen molar-refractivity contribution in [1.82, 2.24) is 5.32 Å². The maximum atomic E-state index is 10.0. The molecule has 0 aromatic rings. The summed E-state index contributed by atoms with van der Waals surface area (Å²) in [5.41, 5.74) is 0. The molecule has 11 heavy (non-hydrogen) atoms. The number of nitro groups is 1. The van der Waals surface area contributed by atoms with Gasteiger partial charge in [-0.15, -0.1) is 11.8 Å². The molecule has 0 aromatic carbocycles. The van der Waals surface area contributed by atoms with Crippen molar-refractivity contribution in [2.75, 3.05) is 6.26 Å². The minimum atomic E-state index is -0.457. The molecular formula is C6H12N2O2S. The van der Waals surface area contributed by atoms with Gasteiger partial charge in [0.15, 0.2) is 0 Å². The summed E-state index contributed by atoms with van der Waals surface area (Å²) in [5.74, 6) is 0. The van der Waals surface area contributed by atoms with Crippen LogP contribution in [-0.4, -0.2) is 17.2 Å². The summed E-state index contributed by atoms with van der Waals surface area (Å²) in [6, 6.07) is 0.230. The number of nitrogens with zero attached hydrogens (tertiary/aromatic N) is 1. The van der Waals surface area contributed by atoms with E-state index in [4.69, 9.17) is 0 Å². The standard InChI is InChI=1S/C6H12N2O2S/c1-5(2)7-6(11-3)4-8(9)10/h4-5,7H,1-3H3. The highest BCUT2D eigenvalue weighted by atomic mass is 32.2. The maximum absolute atomic E-state index is 10.0. The van der Waals surface area contributed by atoms with Crippen LogP contribution in [0, 0.1) is 10.1 Å². The highest BCUT2D eigenvalue weighted by Gasteiger charge is 2.01. The van der Waals surface area contributed by atoms with Crippen molar-refractivity contribution in [1.29, 1.82) is 0 Å². The Hall–Kier alpha value is -0.710. The van der Waals surface area contributed by atoms with Gasteiger partial charge in [0.1, 0.15) is 5.03 Å². The Balaban J connectivity index is 4.05. The molecule has 0 aliphatic carbocycles. The minimum absolute atomic E-state index is 0.230. The lowest BCUT2D eigenvalue weighted by atomic mass is 10.4. The van der Waals surface area contributed by atoms with Crippen LogP contribution in [0.15, 0.2) is 11.2 Å². The van der Waals surface area contributed by atoms with E-state index in [2.05, 4.69) is 5.32 Å². The fraction of sp³-hybridized carbons (Fsp3) is 0.667. The molecule has 0 spiro atoms. The third-order valence-electron chi connectivity index (χ3n) is 0.874. The highest BCUT2D eigenvalue weighted by Crippen LogP contribution is 2.07. The van der Waals surface area contributed by atoms with E-state index in [1.807, 2.05) is 13.8 Å². The molecule has 0 saturated carbocycles. The molecule has 0 aliphatic rings. The zero-order valence-corrected chi connectivity index (χ0v) is 7.64. The highest BCUT2D eigenvalue weighted by molar-refractivity contribution is 8.02. The first-order chi connectivity index (χ1) is 5.06. The number of hydrogen-bond acceptors (Lipinski definition) is 4. The lowest BCUT2D eigenvalue weighted by Gasteiger charge is -2.08. The molecule has 5 heteroatoms. The first-order valence-electron chi connectivity index (χ1n) is 3.22. The van der Waals surface area contributed by atoms with E-state index in [-0.39, 0.29) is 6.04 Å². The number of thioether (sulfide) groups is 1. The van der Waals surface area contributed by atoms with Crippen LogP contribution in [0.5, 0.6) is 0 Å². The van der Waals surface area contributed by atoms with Crippen LogP contribution < -0.4 is 5.32 Å². The molecule has 0 fully saturated rings. The van der Waals surface area contributed by atoms with Gasteiger partial charge >= 0.3 is 0 Å². The fourth-order valence-electron chi connectivity index (χ4n) is 0.529. The molecule has 0 radical (unpaired) electrons. The van der Waals surface area contributed by atoms with E-state index in [0.29, 0.717) is 5.03 Å². The summed E-state index contributed by atoms with van der Waals surface area (Å²) in [6.45, 7) is 3.87. The zero-order chi connectivity index (χ0) is 8.85. The van der Waals surface area contributed by atoms with Gasteiger partial charge in [0, 0.05) is 6.04 Å². The molecule has 0 rings (SSSR count). The van der Waals surface area contributed by atoms with Crippen LogP contribution in [0.2, 0.25) is 0 Å². The second-order valence-corrected chi connectivity index (χ2v) is 3.13. The SMILES string of the molecule is CSC(=C[N+](=O)[O-])NC(C)C.